The van der Waals surface area contributed by atoms with Crippen molar-refractivity contribution in [3.05, 3.63) is 70.8 Å². The van der Waals surface area contributed by atoms with Crippen molar-refractivity contribution in [2.24, 2.45) is 0 Å². The summed E-state index contributed by atoms with van der Waals surface area (Å²) in [5, 5.41) is 0. The lowest BCUT2D eigenvalue weighted by molar-refractivity contribution is 0.0991. The molecule has 3 heteroatoms. The van der Waals surface area contributed by atoms with E-state index in [4.69, 9.17) is 0 Å². The number of rotatable bonds is 3. The van der Waals surface area contributed by atoms with Crippen LogP contribution in [0.1, 0.15) is 21.5 Å². The van der Waals surface area contributed by atoms with Gasteiger partial charge in [0, 0.05) is 12.0 Å². The second-order valence-corrected chi connectivity index (χ2v) is 4.16. The van der Waals surface area contributed by atoms with E-state index in [0.717, 1.165) is 0 Å². The van der Waals surface area contributed by atoms with Crippen molar-refractivity contribution in [1.82, 2.24) is 0 Å². The van der Waals surface area contributed by atoms with Crippen molar-refractivity contribution in [3.8, 4) is 0 Å². The molecule has 0 saturated heterocycles. The largest absolute Gasteiger partial charge is 0.294 e. The molecule has 0 saturated carbocycles. The Labute approximate surface area is 104 Å². The number of ketones is 1. The fraction of sp³-hybridized carbons (Fsp3) is 0.133. The van der Waals surface area contributed by atoms with Gasteiger partial charge < -0.3 is 0 Å². The number of halogens is 2. The van der Waals surface area contributed by atoms with E-state index in [0.29, 0.717) is 16.7 Å². The molecule has 2 aromatic rings. The zero-order valence-electron chi connectivity index (χ0n) is 9.91. The van der Waals surface area contributed by atoms with Gasteiger partial charge in [-0.15, -0.1) is 0 Å². The van der Waals surface area contributed by atoms with E-state index in [2.05, 4.69) is 0 Å². The highest BCUT2D eigenvalue weighted by molar-refractivity contribution is 5.97. The zero-order chi connectivity index (χ0) is 13.1. The van der Waals surface area contributed by atoms with Gasteiger partial charge in [0.25, 0.3) is 0 Å². The molecule has 2 rings (SSSR count). The molecule has 0 spiro atoms. The Morgan fingerprint density at radius 1 is 1.06 bits per heavy atom. The molecule has 2 aromatic carbocycles. The van der Waals surface area contributed by atoms with Gasteiger partial charge in [-0.25, -0.2) is 8.78 Å². The second kappa shape index (κ2) is 5.08. The van der Waals surface area contributed by atoms with Crippen LogP contribution in [-0.2, 0) is 6.42 Å². The van der Waals surface area contributed by atoms with Crippen molar-refractivity contribution < 1.29 is 13.6 Å². The van der Waals surface area contributed by atoms with E-state index in [9.17, 15) is 13.6 Å². The van der Waals surface area contributed by atoms with Crippen LogP contribution in [0.5, 0.6) is 0 Å². The third-order valence-corrected chi connectivity index (χ3v) is 2.79. The van der Waals surface area contributed by atoms with Crippen LogP contribution in [0.15, 0.2) is 42.5 Å². The van der Waals surface area contributed by atoms with E-state index < -0.39 is 5.82 Å². The van der Waals surface area contributed by atoms with E-state index in [1.807, 2.05) is 0 Å². The lowest BCUT2D eigenvalue weighted by atomic mass is 10.0. The molecule has 0 fully saturated rings. The molecule has 0 aliphatic heterocycles. The van der Waals surface area contributed by atoms with Gasteiger partial charge in [0.05, 0.1) is 0 Å². The highest BCUT2D eigenvalue weighted by Crippen LogP contribution is 2.14. The lowest BCUT2D eigenvalue weighted by Crippen LogP contribution is -2.05. The third-order valence-electron chi connectivity index (χ3n) is 2.79. The zero-order valence-corrected chi connectivity index (χ0v) is 9.91. The highest BCUT2D eigenvalue weighted by Gasteiger charge is 2.11. The number of hydrogen-bond donors (Lipinski definition) is 0. The quantitative estimate of drug-likeness (QED) is 0.755. The van der Waals surface area contributed by atoms with Crippen LogP contribution in [0.25, 0.3) is 0 Å². The topological polar surface area (TPSA) is 17.1 Å². The van der Waals surface area contributed by atoms with Crippen LogP contribution >= 0.6 is 0 Å². The van der Waals surface area contributed by atoms with E-state index in [-0.39, 0.29) is 18.0 Å². The minimum Gasteiger partial charge on any atom is -0.294 e. The second-order valence-electron chi connectivity index (χ2n) is 4.16. The molecule has 0 heterocycles. The minimum atomic E-state index is -0.398. The van der Waals surface area contributed by atoms with Crippen LogP contribution in [-0.4, -0.2) is 5.78 Å². The molecule has 0 aliphatic carbocycles. The van der Waals surface area contributed by atoms with Gasteiger partial charge in [-0.3, -0.25) is 4.79 Å². The van der Waals surface area contributed by atoms with Gasteiger partial charge >= 0.3 is 0 Å². The molecule has 1 nitrogen and oxygen atoms in total. The number of carbonyl (C=O) groups excluding carboxylic acids is 1. The predicted octanol–water partition coefficient (Wildman–Crippen LogP) is 3.70. The predicted molar refractivity (Wildman–Crippen MR) is 65.6 cm³/mol. The number of Topliss-reactive ketones (excluding diaryl/α,β-unsaturated/α-hetero) is 1. The Hall–Kier alpha value is -2.03. The van der Waals surface area contributed by atoms with E-state index >= 15 is 0 Å². The first kappa shape index (κ1) is 12.4. The summed E-state index contributed by atoms with van der Waals surface area (Å²) in [5.41, 5.74) is 1.16. The fourth-order valence-corrected chi connectivity index (χ4v) is 1.73. The van der Waals surface area contributed by atoms with Crippen molar-refractivity contribution in [2.75, 3.05) is 0 Å². The Balaban J connectivity index is 2.22. The summed E-state index contributed by atoms with van der Waals surface area (Å²) in [7, 11) is 0. The van der Waals surface area contributed by atoms with Crippen LogP contribution < -0.4 is 0 Å². The van der Waals surface area contributed by atoms with Crippen LogP contribution in [0.4, 0.5) is 8.78 Å². The summed E-state index contributed by atoms with van der Waals surface area (Å²) in [5.74, 6) is -0.967. The lowest BCUT2D eigenvalue weighted by Gasteiger charge is -2.04. The molecule has 0 amide bonds. The van der Waals surface area contributed by atoms with E-state index in [1.54, 1.807) is 25.1 Å². The summed E-state index contributed by atoms with van der Waals surface area (Å²) in [6, 6.07) is 10.3. The standard InChI is InChI=1S/C15H12F2O/c1-10-8-12(6-7-13(10)16)15(18)9-11-4-2-3-5-14(11)17/h2-8H,9H2,1H3. The Morgan fingerprint density at radius 2 is 1.78 bits per heavy atom. The molecule has 0 aliphatic rings. The number of aryl methyl sites for hydroxylation is 1. The normalized spacial score (nSPS) is 10.4. The molecule has 0 aromatic heterocycles. The molecule has 18 heavy (non-hydrogen) atoms. The molecule has 0 radical (unpaired) electrons. The van der Waals surface area contributed by atoms with Crippen LogP contribution in [0.3, 0.4) is 0 Å². The van der Waals surface area contributed by atoms with Gasteiger partial charge in [0.2, 0.25) is 0 Å². The van der Waals surface area contributed by atoms with Crippen molar-refractivity contribution in [2.45, 2.75) is 13.3 Å². The van der Waals surface area contributed by atoms with Crippen LogP contribution in [0, 0.1) is 18.6 Å². The Bertz CT molecular complexity index is 591. The van der Waals surface area contributed by atoms with E-state index in [1.165, 1.54) is 24.3 Å². The average Bonchev–Trinajstić information content (AvgIpc) is 2.35. The minimum absolute atomic E-state index is 0.0161. The molecule has 0 N–H and O–H groups in total. The Morgan fingerprint density at radius 3 is 2.44 bits per heavy atom. The SMILES string of the molecule is Cc1cc(C(=O)Cc2ccccc2F)ccc1F. The van der Waals surface area contributed by atoms with Crippen molar-refractivity contribution in [3.63, 3.8) is 0 Å². The summed E-state index contributed by atoms with van der Waals surface area (Å²) in [4.78, 5) is 11.9. The molecular formula is C15H12F2O. The molecule has 0 atom stereocenters. The summed E-state index contributed by atoms with van der Waals surface area (Å²) in [6.45, 7) is 1.59. The maximum absolute atomic E-state index is 13.4. The van der Waals surface area contributed by atoms with Gasteiger partial charge in [-0.1, -0.05) is 18.2 Å². The highest BCUT2D eigenvalue weighted by atomic mass is 19.1. The van der Waals surface area contributed by atoms with Crippen molar-refractivity contribution >= 4 is 5.78 Å². The van der Waals surface area contributed by atoms with Crippen LogP contribution in [0.2, 0.25) is 0 Å². The summed E-state index contributed by atoms with van der Waals surface area (Å²) in [6.07, 6.45) is -0.0161. The number of benzene rings is 2. The molecule has 92 valence electrons. The smallest absolute Gasteiger partial charge is 0.167 e. The van der Waals surface area contributed by atoms with Gasteiger partial charge in [-0.2, -0.15) is 0 Å². The number of hydrogen-bond acceptors (Lipinski definition) is 1. The first-order chi connectivity index (χ1) is 8.58. The third kappa shape index (κ3) is 2.62. The van der Waals surface area contributed by atoms with Gasteiger partial charge in [0.15, 0.2) is 5.78 Å². The fourth-order valence-electron chi connectivity index (χ4n) is 1.73. The van der Waals surface area contributed by atoms with Gasteiger partial charge in [-0.05, 0) is 42.3 Å². The maximum Gasteiger partial charge on any atom is 0.167 e. The monoisotopic (exact) mass is 246 g/mol. The Kier molecular flexibility index (Phi) is 3.51. The first-order valence-electron chi connectivity index (χ1n) is 5.60. The van der Waals surface area contributed by atoms with Gasteiger partial charge in [0.1, 0.15) is 11.6 Å². The summed E-state index contributed by atoms with van der Waals surface area (Å²) >= 11 is 0. The maximum atomic E-state index is 13.4. The molecule has 0 bridgehead atoms. The van der Waals surface area contributed by atoms with Crippen molar-refractivity contribution in [1.29, 1.82) is 0 Å². The first-order valence-corrected chi connectivity index (χ1v) is 5.60. The number of carbonyl (C=O) groups is 1. The molecule has 0 unspecified atom stereocenters. The summed E-state index contributed by atoms with van der Waals surface area (Å²) < 4.78 is 26.5. The molecular weight excluding hydrogens is 234 g/mol. The average molecular weight is 246 g/mol.